The number of benzene rings is 2. The number of carbonyl (C=O) groups is 1. The maximum atomic E-state index is 11.4. The van der Waals surface area contributed by atoms with Gasteiger partial charge in [-0.05, 0) is 30.3 Å². The first kappa shape index (κ1) is 21.7. The molecule has 2 aromatic heterocycles. The normalized spacial score (nSPS) is 10.7. The van der Waals surface area contributed by atoms with Crippen LogP contribution in [0.5, 0.6) is 0 Å². The van der Waals surface area contributed by atoms with E-state index >= 15 is 0 Å². The van der Waals surface area contributed by atoms with Gasteiger partial charge in [-0.1, -0.05) is 35.3 Å². The van der Waals surface area contributed by atoms with E-state index in [-0.39, 0.29) is 5.69 Å². The number of nitrogens with zero attached hydrogens (tertiary/aromatic N) is 4. The van der Waals surface area contributed by atoms with Crippen molar-refractivity contribution in [2.24, 2.45) is 0 Å². The molecule has 162 valence electrons. The van der Waals surface area contributed by atoms with Gasteiger partial charge in [0, 0.05) is 29.1 Å². The lowest BCUT2D eigenvalue weighted by atomic mass is 10.2. The maximum absolute atomic E-state index is 11.4. The Morgan fingerprint density at radius 3 is 2.56 bits per heavy atom. The number of methoxy groups -OCH3 is 1. The molecule has 0 bridgehead atoms. The van der Waals surface area contributed by atoms with Crippen molar-refractivity contribution in [2.75, 3.05) is 30.8 Å². The molecular weight excluding hydrogens is 451 g/mol. The summed E-state index contributed by atoms with van der Waals surface area (Å²) in [5.41, 5.74) is 1.64. The smallest absolute Gasteiger partial charge is 0.358 e. The molecule has 32 heavy (non-hydrogen) atoms. The third-order valence-corrected chi connectivity index (χ3v) is 5.09. The zero-order chi connectivity index (χ0) is 22.5. The molecule has 0 radical (unpaired) electrons. The molecule has 8 nitrogen and oxygen atoms in total. The van der Waals surface area contributed by atoms with Gasteiger partial charge in [0.1, 0.15) is 11.6 Å². The molecule has 4 aromatic rings. The first-order valence-corrected chi connectivity index (χ1v) is 10.4. The van der Waals surface area contributed by atoms with Crippen molar-refractivity contribution in [3.05, 3.63) is 70.6 Å². The molecule has 0 aliphatic heterocycles. The fourth-order valence-corrected chi connectivity index (χ4v) is 3.50. The Bertz CT molecular complexity index is 1270. The molecule has 0 saturated heterocycles. The molecule has 0 aliphatic carbocycles. The zero-order valence-electron chi connectivity index (χ0n) is 17.0. The van der Waals surface area contributed by atoms with Crippen LogP contribution in [0.25, 0.3) is 22.3 Å². The summed E-state index contributed by atoms with van der Waals surface area (Å²) in [6.45, 7) is 1.09. The summed E-state index contributed by atoms with van der Waals surface area (Å²) in [5, 5.41) is 8.39. The summed E-state index contributed by atoms with van der Waals surface area (Å²) in [5.74, 6) is 1.20. The quantitative estimate of drug-likeness (QED) is 0.297. The minimum atomic E-state index is -0.530. The van der Waals surface area contributed by atoms with Crippen molar-refractivity contribution in [2.45, 2.75) is 0 Å². The summed E-state index contributed by atoms with van der Waals surface area (Å²) in [6, 6.07) is 13.0. The molecule has 2 heterocycles. The van der Waals surface area contributed by atoms with Crippen molar-refractivity contribution >= 4 is 51.7 Å². The van der Waals surface area contributed by atoms with E-state index in [1.54, 1.807) is 18.2 Å². The first-order chi connectivity index (χ1) is 15.5. The lowest BCUT2D eigenvalue weighted by Gasteiger charge is -2.12. The van der Waals surface area contributed by atoms with Gasteiger partial charge in [-0.25, -0.2) is 24.7 Å². The van der Waals surface area contributed by atoms with E-state index in [4.69, 9.17) is 23.2 Å². The zero-order valence-corrected chi connectivity index (χ0v) is 18.5. The monoisotopic (exact) mass is 468 g/mol. The van der Waals surface area contributed by atoms with Gasteiger partial charge < -0.3 is 15.4 Å². The van der Waals surface area contributed by atoms with Crippen LogP contribution in [-0.2, 0) is 4.74 Å². The van der Waals surface area contributed by atoms with Crippen LogP contribution in [0, 0.1) is 0 Å². The van der Waals surface area contributed by atoms with Crippen LogP contribution in [0.15, 0.2) is 54.9 Å². The summed E-state index contributed by atoms with van der Waals surface area (Å²) in [7, 11) is 1.30. The molecular formula is C22H18Cl2N6O2. The highest BCUT2D eigenvalue weighted by molar-refractivity contribution is 6.36. The minimum absolute atomic E-state index is 0.150. The fourth-order valence-electron chi connectivity index (χ4n) is 3.00. The fraction of sp³-hybridized carbons (Fsp3) is 0.136. The van der Waals surface area contributed by atoms with E-state index in [1.807, 2.05) is 24.3 Å². The third kappa shape index (κ3) is 4.87. The second-order valence-corrected chi connectivity index (χ2v) is 7.51. The highest BCUT2D eigenvalue weighted by Gasteiger charge is 2.12. The molecule has 0 atom stereocenters. The number of carbonyl (C=O) groups excluding carboxylic acids is 1. The minimum Gasteiger partial charge on any atom is -0.464 e. The van der Waals surface area contributed by atoms with E-state index < -0.39 is 5.97 Å². The van der Waals surface area contributed by atoms with Crippen molar-refractivity contribution in [1.82, 2.24) is 19.9 Å². The Labute approximate surface area is 194 Å². The number of rotatable bonds is 7. The molecule has 0 saturated carbocycles. The summed E-state index contributed by atoms with van der Waals surface area (Å²) in [4.78, 5) is 29.0. The van der Waals surface area contributed by atoms with Crippen molar-refractivity contribution in [3.63, 3.8) is 0 Å². The van der Waals surface area contributed by atoms with Crippen LogP contribution in [0.3, 0.4) is 0 Å². The van der Waals surface area contributed by atoms with E-state index in [0.29, 0.717) is 46.2 Å². The van der Waals surface area contributed by atoms with Crippen LogP contribution >= 0.6 is 23.2 Å². The topological polar surface area (TPSA) is 102 Å². The lowest BCUT2D eigenvalue weighted by Crippen LogP contribution is -2.16. The van der Waals surface area contributed by atoms with Crippen LogP contribution in [-0.4, -0.2) is 46.1 Å². The molecule has 4 rings (SSSR count). The number of hydrogen-bond donors (Lipinski definition) is 2. The predicted molar refractivity (Wildman–Crippen MR) is 125 cm³/mol. The second-order valence-electron chi connectivity index (χ2n) is 6.67. The Morgan fingerprint density at radius 1 is 1.00 bits per heavy atom. The Kier molecular flexibility index (Phi) is 6.63. The van der Waals surface area contributed by atoms with E-state index in [1.165, 1.54) is 19.5 Å². The molecule has 2 aromatic carbocycles. The van der Waals surface area contributed by atoms with Crippen LogP contribution in [0.4, 0.5) is 11.6 Å². The molecule has 0 aliphatic rings. The van der Waals surface area contributed by atoms with Crippen LogP contribution in [0.1, 0.15) is 10.5 Å². The van der Waals surface area contributed by atoms with E-state index in [0.717, 1.165) is 10.9 Å². The number of anilines is 2. The van der Waals surface area contributed by atoms with Crippen molar-refractivity contribution < 1.29 is 9.53 Å². The van der Waals surface area contributed by atoms with Gasteiger partial charge in [0.15, 0.2) is 11.5 Å². The summed E-state index contributed by atoms with van der Waals surface area (Å²) in [6.07, 6.45) is 2.84. The standard InChI is InChI=1S/C22H18Cl2N6O2/c1-32-22(31)18-11-28-19(12-27-18)25-8-9-26-20-15-4-2-3-5-17(15)29-21(30-20)14-7-6-13(23)10-16(14)24/h2-7,10-12H,8-9H2,1H3,(H,25,28)(H,26,29,30). The number of para-hydroxylation sites is 1. The first-order valence-electron chi connectivity index (χ1n) is 9.65. The Hall–Kier alpha value is -3.49. The number of fused-ring (bicyclic) bond motifs is 1. The van der Waals surface area contributed by atoms with Crippen molar-refractivity contribution in [1.29, 1.82) is 0 Å². The second kappa shape index (κ2) is 9.76. The highest BCUT2D eigenvalue weighted by Crippen LogP contribution is 2.31. The summed E-state index contributed by atoms with van der Waals surface area (Å²) < 4.78 is 4.61. The van der Waals surface area contributed by atoms with Gasteiger partial charge in [0.05, 0.1) is 30.0 Å². The number of aromatic nitrogens is 4. The number of ether oxygens (including phenoxy) is 1. The third-order valence-electron chi connectivity index (χ3n) is 4.55. The maximum Gasteiger partial charge on any atom is 0.358 e. The predicted octanol–water partition coefficient (Wildman–Crippen LogP) is 4.70. The number of halogens is 2. The largest absolute Gasteiger partial charge is 0.464 e. The van der Waals surface area contributed by atoms with Crippen LogP contribution < -0.4 is 10.6 Å². The van der Waals surface area contributed by atoms with Gasteiger partial charge in [-0.2, -0.15) is 0 Å². The van der Waals surface area contributed by atoms with Crippen LogP contribution in [0.2, 0.25) is 10.0 Å². The Balaban J connectivity index is 1.49. The molecule has 0 fully saturated rings. The average Bonchev–Trinajstić information content (AvgIpc) is 2.81. The van der Waals surface area contributed by atoms with Crippen molar-refractivity contribution in [3.8, 4) is 11.4 Å². The lowest BCUT2D eigenvalue weighted by molar-refractivity contribution is 0.0593. The van der Waals surface area contributed by atoms with Gasteiger partial charge in [-0.15, -0.1) is 0 Å². The average molecular weight is 469 g/mol. The summed E-state index contributed by atoms with van der Waals surface area (Å²) >= 11 is 12.4. The Morgan fingerprint density at radius 2 is 1.81 bits per heavy atom. The van der Waals surface area contributed by atoms with E-state index in [2.05, 4.69) is 35.3 Å². The molecule has 0 spiro atoms. The number of esters is 1. The van der Waals surface area contributed by atoms with Gasteiger partial charge in [0.25, 0.3) is 0 Å². The molecule has 10 heteroatoms. The number of hydrogen-bond acceptors (Lipinski definition) is 8. The molecule has 2 N–H and O–H groups in total. The highest BCUT2D eigenvalue weighted by atomic mass is 35.5. The SMILES string of the molecule is COC(=O)c1cnc(NCCNc2nc(-c3ccc(Cl)cc3Cl)nc3ccccc23)cn1. The van der Waals surface area contributed by atoms with Gasteiger partial charge in [0.2, 0.25) is 0 Å². The van der Waals surface area contributed by atoms with Gasteiger partial charge >= 0.3 is 5.97 Å². The number of nitrogens with one attached hydrogen (secondary N) is 2. The van der Waals surface area contributed by atoms with Gasteiger partial charge in [-0.3, -0.25) is 0 Å². The molecule has 0 unspecified atom stereocenters. The molecule has 0 amide bonds. The van der Waals surface area contributed by atoms with E-state index in [9.17, 15) is 4.79 Å².